The molecule has 2 nitrogen and oxygen atoms in total. The van der Waals surface area contributed by atoms with Gasteiger partial charge in [0.05, 0.1) is 11.9 Å². The smallest absolute Gasteiger partial charge is 0.0909 e. The van der Waals surface area contributed by atoms with Crippen molar-refractivity contribution in [2.45, 2.75) is 33.2 Å². The van der Waals surface area contributed by atoms with E-state index in [0.29, 0.717) is 11.9 Å². The fourth-order valence-corrected chi connectivity index (χ4v) is 2.29. The van der Waals surface area contributed by atoms with Gasteiger partial charge >= 0.3 is 0 Å². The van der Waals surface area contributed by atoms with Gasteiger partial charge in [-0.25, -0.2) is 0 Å². The Balaban J connectivity index is 2.54. The average Bonchev–Trinajstić information content (AvgIpc) is 2.33. The van der Waals surface area contributed by atoms with E-state index in [2.05, 4.69) is 31.0 Å². The summed E-state index contributed by atoms with van der Waals surface area (Å²) in [5, 5.41) is 0. The highest BCUT2D eigenvalue weighted by Gasteiger charge is 2.03. The molecule has 0 fully saturated rings. The van der Waals surface area contributed by atoms with Crippen molar-refractivity contribution < 1.29 is 0 Å². The summed E-state index contributed by atoms with van der Waals surface area (Å²) in [4.78, 5) is 7.02. The molecule has 1 aromatic rings. The predicted octanol–water partition coefficient (Wildman–Crippen LogP) is 2.36. The summed E-state index contributed by atoms with van der Waals surface area (Å²) < 4.78 is 0. The highest BCUT2D eigenvalue weighted by Crippen LogP contribution is 2.17. The lowest BCUT2D eigenvalue weighted by Gasteiger charge is -2.04. The molecule has 0 saturated carbocycles. The first kappa shape index (κ1) is 10.3. The van der Waals surface area contributed by atoms with Crippen molar-refractivity contribution in [3.05, 3.63) is 21.9 Å². The molecule has 1 aromatic heterocycles. The second-order valence-corrected chi connectivity index (χ2v) is 4.71. The molecule has 0 spiro atoms. The lowest BCUT2D eigenvalue weighted by Crippen LogP contribution is -2.12. The van der Waals surface area contributed by atoms with E-state index in [9.17, 15) is 0 Å². The molecule has 0 aromatic carbocycles. The Bertz CT molecular complexity index is 298. The zero-order valence-corrected chi connectivity index (χ0v) is 9.19. The highest BCUT2D eigenvalue weighted by atomic mass is 32.1. The quantitative estimate of drug-likeness (QED) is 0.585. The third kappa shape index (κ3) is 3.59. The van der Waals surface area contributed by atoms with Gasteiger partial charge in [0.2, 0.25) is 0 Å². The first-order valence-electron chi connectivity index (χ1n) is 4.43. The van der Waals surface area contributed by atoms with Gasteiger partial charge in [0.1, 0.15) is 0 Å². The maximum Gasteiger partial charge on any atom is 0.0909 e. The number of amidine groups is 1. The number of aryl methyl sites for hydroxylation is 1. The van der Waals surface area contributed by atoms with Crippen LogP contribution in [0.1, 0.15) is 23.6 Å². The van der Waals surface area contributed by atoms with E-state index in [1.54, 1.807) is 0 Å². The molecule has 0 saturated heterocycles. The number of hydrogen-bond donors (Lipinski definition) is 1. The summed E-state index contributed by atoms with van der Waals surface area (Å²) in [6.45, 7) is 6.04. The third-order valence-corrected chi connectivity index (χ3v) is 2.74. The molecule has 0 aliphatic rings. The van der Waals surface area contributed by atoms with Crippen molar-refractivity contribution in [1.29, 1.82) is 0 Å². The van der Waals surface area contributed by atoms with Crippen LogP contribution in [0.15, 0.2) is 17.1 Å². The average molecular weight is 196 g/mol. The van der Waals surface area contributed by atoms with E-state index < -0.39 is 0 Å². The molecule has 3 heteroatoms. The van der Waals surface area contributed by atoms with E-state index in [0.717, 1.165) is 6.42 Å². The molecule has 1 unspecified atom stereocenters. The topological polar surface area (TPSA) is 38.4 Å². The second-order valence-electron chi connectivity index (χ2n) is 3.34. The van der Waals surface area contributed by atoms with E-state index in [4.69, 9.17) is 5.73 Å². The lowest BCUT2D eigenvalue weighted by molar-refractivity contribution is 0.747. The SMILES string of the molecule is CC(N)=NC(C)Cc1ccc(C)s1. The van der Waals surface area contributed by atoms with E-state index in [1.165, 1.54) is 9.75 Å². The number of aliphatic imine (C=N–C) groups is 1. The molecule has 72 valence electrons. The van der Waals surface area contributed by atoms with Crippen molar-refractivity contribution in [1.82, 2.24) is 0 Å². The van der Waals surface area contributed by atoms with Gasteiger partial charge in [-0.2, -0.15) is 0 Å². The van der Waals surface area contributed by atoms with Crippen LogP contribution in [-0.2, 0) is 6.42 Å². The van der Waals surface area contributed by atoms with Gasteiger partial charge in [0.25, 0.3) is 0 Å². The number of thiophene rings is 1. The van der Waals surface area contributed by atoms with Crippen molar-refractivity contribution in [3.8, 4) is 0 Å². The largest absolute Gasteiger partial charge is 0.388 e. The number of nitrogens with zero attached hydrogens (tertiary/aromatic N) is 1. The van der Waals surface area contributed by atoms with Crippen LogP contribution in [0.4, 0.5) is 0 Å². The van der Waals surface area contributed by atoms with E-state index >= 15 is 0 Å². The van der Waals surface area contributed by atoms with Crippen molar-refractivity contribution >= 4 is 17.2 Å². The van der Waals surface area contributed by atoms with Crippen molar-refractivity contribution in [2.24, 2.45) is 10.7 Å². The van der Waals surface area contributed by atoms with Gasteiger partial charge in [-0.1, -0.05) is 0 Å². The summed E-state index contributed by atoms with van der Waals surface area (Å²) >= 11 is 1.83. The first-order chi connectivity index (χ1) is 6.08. The summed E-state index contributed by atoms with van der Waals surface area (Å²) in [6, 6.07) is 4.60. The number of rotatable bonds is 3. The molecular formula is C10H16N2S. The Morgan fingerprint density at radius 3 is 2.77 bits per heavy atom. The maximum absolute atomic E-state index is 5.51. The van der Waals surface area contributed by atoms with Crippen molar-refractivity contribution in [3.63, 3.8) is 0 Å². The van der Waals surface area contributed by atoms with Gasteiger partial charge in [0, 0.05) is 16.2 Å². The monoisotopic (exact) mass is 196 g/mol. The van der Waals surface area contributed by atoms with Gasteiger partial charge < -0.3 is 5.73 Å². The summed E-state index contributed by atoms with van der Waals surface area (Å²) in [6.07, 6.45) is 0.993. The van der Waals surface area contributed by atoms with Gasteiger partial charge in [-0.15, -0.1) is 11.3 Å². The summed E-state index contributed by atoms with van der Waals surface area (Å²) in [5.74, 6) is 0.667. The molecule has 1 heterocycles. The molecule has 0 radical (unpaired) electrons. The minimum atomic E-state index is 0.294. The predicted molar refractivity (Wildman–Crippen MR) is 59.5 cm³/mol. The standard InChI is InChI=1S/C10H16N2S/c1-7(12-9(3)11)6-10-5-4-8(2)13-10/h4-5,7H,6H2,1-3H3,(H2,11,12). The van der Waals surface area contributed by atoms with Crippen LogP contribution >= 0.6 is 11.3 Å². The molecule has 1 atom stereocenters. The zero-order valence-electron chi connectivity index (χ0n) is 8.37. The first-order valence-corrected chi connectivity index (χ1v) is 5.25. The van der Waals surface area contributed by atoms with Gasteiger partial charge in [-0.3, -0.25) is 4.99 Å². The van der Waals surface area contributed by atoms with E-state index in [-0.39, 0.29) is 0 Å². The Labute approximate surface area is 83.5 Å². The molecule has 13 heavy (non-hydrogen) atoms. The second kappa shape index (κ2) is 4.42. The minimum Gasteiger partial charge on any atom is -0.388 e. The van der Waals surface area contributed by atoms with Crippen LogP contribution in [0.5, 0.6) is 0 Å². The van der Waals surface area contributed by atoms with Gasteiger partial charge in [-0.05, 0) is 32.9 Å². The zero-order chi connectivity index (χ0) is 9.84. The normalized spacial score (nSPS) is 14.5. The molecule has 0 aliphatic heterocycles. The Hall–Kier alpha value is -0.830. The van der Waals surface area contributed by atoms with Crippen LogP contribution in [0.25, 0.3) is 0 Å². The number of nitrogens with two attached hydrogens (primary N) is 1. The third-order valence-electron chi connectivity index (χ3n) is 1.72. The minimum absolute atomic E-state index is 0.294. The van der Waals surface area contributed by atoms with E-state index in [1.807, 2.05) is 18.3 Å². The fraction of sp³-hybridized carbons (Fsp3) is 0.500. The van der Waals surface area contributed by atoms with Crippen LogP contribution in [0.3, 0.4) is 0 Å². The molecule has 0 amide bonds. The molecule has 0 bridgehead atoms. The summed E-state index contributed by atoms with van der Waals surface area (Å²) in [7, 11) is 0. The highest BCUT2D eigenvalue weighted by molar-refractivity contribution is 7.11. The fourth-order valence-electron chi connectivity index (χ4n) is 1.28. The molecular weight excluding hydrogens is 180 g/mol. The van der Waals surface area contributed by atoms with Crippen LogP contribution in [0, 0.1) is 6.92 Å². The maximum atomic E-state index is 5.51. The van der Waals surface area contributed by atoms with Crippen LogP contribution in [0.2, 0.25) is 0 Å². The molecule has 2 N–H and O–H groups in total. The Kier molecular flexibility index (Phi) is 3.48. The van der Waals surface area contributed by atoms with Crippen LogP contribution in [-0.4, -0.2) is 11.9 Å². The lowest BCUT2D eigenvalue weighted by atomic mass is 10.2. The Morgan fingerprint density at radius 2 is 2.31 bits per heavy atom. The number of hydrogen-bond acceptors (Lipinski definition) is 2. The van der Waals surface area contributed by atoms with Crippen LogP contribution < -0.4 is 5.73 Å². The molecule has 0 aliphatic carbocycles. The van der Waals surface area contributed by atoms with Crippen molar-refractivity contribution in [2.75, 3.05) is 0 Å². The molecule has 1 rings (SSSR count). The summed E-state index contributed by atoms with van der Waals surface area (Å²) in [5.41, 5.74) is 5.51. The van der Waals surface area contributed by atoms with Gasteiger partial charge in [0.15, 0.2) is 0 Å². The Morgan fingerprint density at radius 1 is 1.62 bits per heavy atom.